The minimum atomic E-state index is -1.65. The standard InChI is InChI=1S/C27H29F3/c1-3-18-12-15-24(27(30)26(18)29)21-10-8-19(9-11-21)22-13-14-23(25(28)16-22)20-6-4-17(2)5-7-20/h8-17,20,26-27H,3-7H2,1-2H3. The van der Waals surface area contributed by atoms with Crippen LogP contribution in [0.5, 0.6) is 0 Å². The van der Waals surface area contributed by atoms with Gasteiger partial charge < -0.3 is 0 Å². The maximum Gasteiger partial charge on any atom is 0.161 e. The van der Waals surface area contributed by atoms with Crippen LogP contribution < -0.4 is 0 Å². The normalized spacial score (nSPS) is 26.8. The number of hydrogen-bond acceptors (Lipinski definition) is 0. The Kier molecular flexibility index (Phi) is 6.17. The number of rotatable bonds is 4. The number of alkyl halides is 2. The molecule has 30 heavy (non-hydrogen) atoms. The zero-order chi connectivity index (χ0) is 21.3. The van der Waals surface area contributed by atoms with E-state index in [1.807, 2.05) is 31.2 Å². The molecule has 0 saturated heterocycles. The third-order valence-corrected chi connectivity index (χ3v) is 6.80. The Balaban J connectivity index is 1.54. The highest BCUT2D eigenvalue weighted by Gasteiger charge is 2.30. The number of allylic oxidation sites excluding steroid dienone is 4. The van der Waals surface area contributed by atoms with Crippen LogP contribution in [0, 0.1) is 11.7 Å². The van der Waals surface area contributed by atoms with Crippen LogP contribution in [0.1, 0.15) is 63.0 Å². The molecule has 0 bridgehead atoms. The molecule has 0 heterocycles. The zero-order valence-electron chi connectivity index (χ0n) is 17.7. The summed E-state index contributed by atoms with van der Waals surface area (Å²) in [5, 5.41) is 0. The molecule has 158 valence electrons. The van der Waals surface area contributed by atoms with E-state index < -0.39 is 12.3 Å². The first kappa shape index (κ1) is 21.0. The Morgan fingerprint density at radius 2 is 1.43 bits per heavy atom. The predicted octanol–water partition coefficient (Wildman–Crippen LogP) is 8.20. The van der Waals surface area contributed by atoms with E-state index >= 15 is 0 Å². The van der Waals surface area contributed by atoms with Gasteiger partial charge in [0.2, 0.25) is 0 Å². The molecular weight excluding hydrogens is 381 g/mol. The molecule has 0 aromatic heterocycles. The Labute approximate surface area is 177 Å². The molecule has 0 amide bonds. The predicted molar refractivity (Wildman–Crippen MR) is 118 cm³/mol. The third-order valence-electron chi connectivity index (χ3n) is 6.80. The molecule has 2 aromatic rings. The number of benzene rings is 2. The van der Waals surface area contributed by atoms with Crippen LogP contribution in [0.3, 0.4) is 0 Å². The van der Waals surface area contributed by atoms with Gasteiger partial charge in [-0.25, -0.2) is 13.2 Å². The quantitative estimate of drug-likeness (QED) is 0.476. The molecule has 1 fully saturated rings. The highest BCUT2D eigenvalue weighted by atomic mass is 19.2. The lowest BCUT2D eigenvalue weighted by molar-refractivity contribution is 0.239. The van der Waals surface area contributed by atoms with Crippen molar-refractivity contribution in [2.75, 3.05) is 0 Å². The number of hydrogen-bond donors (Lipinski definition) is 0. The molecule has 2 unspecified atom stereocenters. The first-order valence-corrected chi connectivity index (χ1v) is 11.1. The van der Waals surface area contributed by atoms with Gasteiger partial charge >= 0.3 is 0 Å². The van der Waals surface area contributed by atoms with Crippen LogP contribution in [-0.4, -0.2) is 12.3 Å². The van der Waals surface area contributed by atoms with Crippen molar-refractivity contribution in [1.29, 1.82) is 0 Å². The first-order chi connectivity index (χ1) is 14.5. The number of halogens is 3. The molecule has 2 aromatic carbocycles. The van der Waals surface area contributed by atoms with Gasteiger partial charge in [0, 0.05) is 0 Å². The summed E-state index contributed by atoms with van der Waals surface area (Å²) >= 11 is 0. The van der Waals surface area contributed by atoms with Crippen molar-refractivity contribution < 1.29 is 13.2 Å². The van der Waals surface area contributed by atoms with Crippen LogP contribution in [0.4, 0.5) is 13.2 Å². The second-order valence-corrected chi connectivity index (χ2v) is 8.79. The lowest BCUT2D eigenvalue weighted by Gasteiger charge is -2.27. The summed E-state index contributed by atoms with van der Waals surface area (Å²) in [5.74, 6) is 0.904. The van der Waals surface area contributed by atoms with Crippen molar-refractivity contribution >= 4 is 5.57 Å². The Morgan fingerprint density at radius 3 is 2.07 bits per heavy atom. The van der Waals surface area contributed by atoms with Gasteiger partial charge in [-0.15, -0.1) is 0 Å². The second-order valence-electron chi connectivity index (χ2n) is 8.79. The topological polar surface area (TPSA) is 0 Å². The van der Waals surface area contributed by atoms with E-state index in [1.165, 1.54) is 0 Å². The van der Waals surface area contributed by atoms with Crippen molar-refractivity contribution in [3.05, 3.63) is 77.1 Å². The molecule has 0 nitrogen and oxygen atoms in total. The summed E-state index contributed by atoms with van der Waals surface area (Å²) in [6.07, 6.45) is 5.06. The summed E-state index contributed by atoms with van der Waals surface area (Å²) in [7, 11) is 0. The minimum Gasteiger partial charge on any atom is -0.239 e. The molecule has 3 heteroatoms. The summed E-state index contributed by atoms with van der Waals surface area (Å²) < 4.78 is 43.7. The largest absolute Gasteiger partial charge is 0.239 e. The van der Waals surface area contributed by atoms with E-state index in [9.17, 15) is 13.2 Å². The van der Waals surface area contributed by atoms with Gasteiger partial charge in [0.15, 0.2) is 12.3 Å². The highest BCUT2D eigenvalue weighted by molar-refractivity contribution is 5.75. The fourth-order valence-electron chi connectivity index (χ4n) is 4.76. The van der Waals surface area contributed by atoms with E-state index in [2.05, 4.69) is 6.92 Å². The van der Waals surface area contributed by atoms with Gasteiger partial charge in [-0.05, 0) is 70.6 Å². The molecule has 0 N–H and O–H groups in total. The lowest BCUT2D eigenvalue weighted by Crippen LogP contribution is -2.23. The van der Waals surface area contributed by atoms with Gasteiger partial charge in [0.05, 0.1) is 0 Å². The monoisotopic (exact) mass is 410 g/mol. The van der Waals surface area contributed by atoms with Gasteiger partial charge in [0.1, 0.15) is 5.82 Å². The van der Waals surface area contributed by atoms with Crippen LogP contribution >= 0.6 is 0 Å². The fourth-order valence-corrected chi connectivity index (χ4v) is 4.76. The molecule has 2 atom stereocenters. The molecular formula is C27H29F3. The molecule has 1 saturated carbocycles. The van der Waals surface area contributed by atoms with Crippen molar-refractivity contribution in [2.45, 2.75) is 64.2 Å². The highest BCUT2D eigenvalue weighted by Crippen LogP contribution is 2.38. The van der Waals surface area contributed by atoms with Crippen molar-refractivity contribution in [2.24, 2.45) is 5.92 Å². The average molecular weight is 411 g/mol. The first-order valence-electron chi connectivity index (χ1n) is 11.1. The summed E-state index contributed by atoms with van der Waals surface area (Å²) in [6, 6.07) is 12.8. The SMILES string of the molecule is CCC1=CC=C(c2ccc(-c3ccc(C4CCC(C)CC4)c(F)c3)cc2)C(F)C1F. The average Bonchev–Trinajstić information content (AvgIpc) is 2.76. The second kappa shape index (κ2) is 8.83. The third kappa shape index (κ3) is 4.12. The van der Waals surface area contributed by atoms with Gasteiger partial charge in [-0.3, -0.25) is 0 Å². The maximum atomic E-state index is 14.8. The lowest BCUT2D eigenvalue weighted by atomic mass is 9.79. The van der Waals surface area contributed by atoms with E-state index in [0.717, 1.165) is 48.3 Å². The Bertz CT molecular complexity index is 947. The maximum absolute atomic E-state index is 14.8. The smallest absolute Gasteiger partial charge is 0.161 e. The molecule has 2 aliphatic rings. The summed E-state index contributed by atoms with van der Waals surface area (Å²) in [6.45, 7) is 4.10. The van der Waals surface area contributed by atoms with E-state index in [1.54, 1.807) is 30.4 Å². The summed E-state index contributed by atoms with van der Waals surface area (Å²) in [5.41, 5.74) is 4.01. The van der Waals surface area contributed by atoms with Gasteiger partial charge in [-0.1, -0.05) is 75.2 Å². The van der Waals surface area contributed by atoms with E-state index in [0.29, 0.717) is 29.0 Å². The van der Waals surface area contributed by atoms with Crippen LogP contribution in [0.2, 0.25) is 0 Å². The summed E-state index contributed by atoms with van der Waals surface area (Å²) in [4.78, 5) is 0. The fraction of sp³-hybridized carbons (Fsp3) is 0.407. The Morgan fingerprint density at radius 1 is 0.800 bits per heavy atom. The van der Waals surface area contributed by atoms with Crippen molar-refractivity contribution in [1.82, 2.24) is 0 Å². The van der Waals surface area contributed by atoms with Crippen molar-refractivity contribution in [3.63, 3.8) is 0 Å². The molecule has 0 radical (unpaired) electrons. The van der Waals surface area contributed by atoms with Gasteiger partial charge in [0.25, 0.3) is 0 Å². The molecule has 0 aliphatic heterocycles. The van der Waals surface area contributed by atoms with Crippen LogP contribution in [0.15, 0.2) is 60.2 Å². The molecule has 2 aliphatic carbocycles. The van der Waals surface area contributed by atoms with Crippen LogP contribution in [0.25, 0.3) is 16.7 Å². The zero-order valence-corrected chi connectivity index (χ0v) is 17.7. The van der Waals surface area contributed by atoms with Gasteiger partial charge in [-0.2, -0.15) is 0 Å². The minimum absolute atomic E-state index is 0.146. The van der Waals surface area contributed by atoms with Crippen molar-refractivity contribution in [3.8, 4) is 11.1 Å². The van der Waals surface area contributed by atoms with E-state index in [-0.39, 0.29) is 5.82 Å². The molecule has 0 spiro atoms. The van der Waals surface area contributed by atoms with Crippen LogP contribution in [-0.2, 0) is 0 Å². The molecule has 4 rings (SSSR count). The Hall–Kier alpha value is -2.29. The van der Waals surface area contributed by atoms with E-state index in [4.69, 9.17) is 0 Å².